The van der Waals surface area contributed by atoms with Gasteiger partial charge in [-0.2, -0.15) is 0 Å². The van der Waals surface area contributed by atoms with Crippen molar-refractivity contribution in [3.05, 3.63) is 29.3 Å². The first-order valence-electron chi connectivity index (χ1n) is 11.3. The van der Waals surface area contributed by atoms with Crippen molar-refractivity contribution in [2.75, 3.05) is 19.7 Å². The molecule has 0 spiro atoms. The van der Waals surface area contributed by atoms with Gasteiger partial charge in [0.2, 0.25) is 5.91 Å². The second kappa shape index (κ2) is 8.12. The minimum absolute atomic E-state index is 0.0752. The van der Waals surface area contributed by atoms with Crippen LogP contribution in [0.3, 0.4) is 0 Å². The lowest BCUT2D eigenvalue weighted by Gasteiger charge is -2.22. The maximum atomic E-state index is 12.8. The molecule has 0 unspecified atom stereocenters. The highest BCUT2D eigenvalue weighted by molar-refractivity contribution is 5.80. The van der Waals surface area contributed by atoms with Crippen molar-refractivity contribution in [2.24, 2.45) is 17.8 Å². The fourth-order valence-corrected chi connectivity index (χ4v) is 5.21. The normalized spacial score (nSPS) is 25.8. The number of carbonyl (C=O) groups excluding carboxylic acids is 2. The molecule has 6 heteroatoms. The molecule has 3 aliphatic rings. The molecule has 2 atom stereocenters. The smallest absolute Gasteiger partial charge is 0.407 e. The van der Waals surface area contributed by atoms with E-state index in [0.717, 1.165) is 37.1 Å². The number of likely N-dealkylation sites (tertiary alicyclic amines) is 1. The van der Waals surface area contributed by atoms with Gasteiger partial charge in [-0.05, 0) is 56.9 Å². The number of para-hydroxylation sites is 1. The molecule has 0 bridgehead atoms. The average molecular weight is 415 g/mol. The van der Waals surface area contributed by atoms with Crippen LogP contribution in [0.25, 0.3) is 0 Å². The van der Waals surface area contributed by atoms with Crippen LogP contribution in [0.15, 0.2) is 18.2 Å². The summed E-state index contributed by atoms with van der Waals surface area (Å²) in [4.78, 5) is 26.5. The Hall–Kier alpha value is -2.24. The first-order chi connectivity index (χ1) is 14.2. The zero-order valence-corrected chi connectivity index (χ0v) is 18.3. The molecule has 0 aromatic heterocycles. The van der Waals surface area contributed by atoms with Gasteiger partial charge in [-0.1, -0.05) is 31.0 Å². The van der Waals surface area contributed by atoms with Crippen molar-refractivity contribution >= 4 is 12.0 Å². The molecular formula is C24H34N2O4. The van der Waals surface area contributed by atoms with Crippen LogP contribution in [0.4, 0.5) is 4.79 Å². The van der Waals surface area contributed by atoms with E-state index in [4.69, 9.17) is 4.74 Å². The highest BCUT2D eigenvalue weighted by Crippen LogP contribution is 2.52. The van der Waals surface area contributed by atoms with Gasteiger partial charge < -0.3 is 20.1 Å². The van der Waals surface area contributed by atoms with Crippen molar-refractivity contribution in [1.82, 2.24) is 10.2 Å². The second-order valence-electron chi connectivity index (χ2n) is 10.3. The van der Waals surface area contributed by atoms with Crippen LogP contribution in [0, 0.1) is 17.8 Å². The predicted molar refractivity (Wildman–Crippen MR) is 114 cm³/mol. The molecule has 1 aliphatic heterocycles. The van der Waals surface area contributed by atoms with Gasteiger partial charge in [-0.25, -0.2) is 4.79 Å². The third-order valence-electron chi connectivity index (χ3n) is 6.90. The number of fused-ring (bicyclic) bond motifs is 1. The number of carbonyl (C=O) groups is 2. The number of hydrogen-bond acceptors (Lipinski definition) is 4. The molecular weight excluding hydrogens is 380 g/mol. The second-order valence-corrected chi connectivity index (χ2v) is 10.3. The maximum Gasteiger partial charge on any atom is 0.407 e. The Bertz CT molecular complexity index is 798. The van der Waals surface area contributed by atoms with Gasteiger partial charge in [-0.15, -0.1) is 0 Å². The molecule has 2 aliphatic carbocycles. The number of phenols is 1. The molecule has 6 nitrogen and oxygen atoms in total. The van der Waals surface area contributed by atoms with Crippen molar-refractivity contribution in [3.8, 4) is 5.75 Å². The van der Waals surface area contributed by atoms with Gasteiger partial charge in [0.15, 0.2) is 0 Å². The van der Waals surface area contributed by atoms with Crippen molar-refractivity contribution in [2.45, 2.75) is 64.3 Å². The molecule has 30 heavy (non-hydrogen) atoms. The fourth-order valence-electron chi connectivity index (χ4n) is 5.21. The van der Waals surface area contributed by atoms with Gasteiger partial charge in [0.1, 0.15) is 5.75 Å². The average Bonchev–Trinajstić information content (AvgIpc) is 3.08. The lowest BCUT2D eigenvalue weighted by atomic mass is 9.93. The summed E-state index contributed by atoms with van der Waals surface area (Å²) in [5, 5.41) is 13.5. The minimum Gasteiger partial charge on any atom is -0.507 e. The number of piperidine rings is 1. The van der Waals surface area contributed by atoms with Crippen LogP contribution in [0.2, 0.25) is 0 Å². The van der Waals surface area contributed by atoms with E-state index in [2.05, 4.69) is 5.32 Å². The molecule has 3 fully saturated rings. The van der Waals surface area contributed by atoms with Crippen LogP contribution < -0.4 is 5.32 Å². The topological polar surface area (TPSA) is 78.9 Å². The van der Waals surface area contributed by atoms with Crippen molar-refractivity contribution < 1.29 is 19.4 Å². The Morgan fingerprint density at radius 2 is 1.83 bits per heavy atom. The summed E-state index contributed by atoms with van der Waals surface area (Å²) in [6.07, 6.45) is 4.55. The molecule has 1 heterocycles. The Morgan fingerprint density at radius 1 is 1.17 bits per heavy atom. The van der Waals surface area contributed by atoms with Gasteiger partial charge in [0.05, 0.1) is 13.0 Å². The van der Waals surface area contributed by atoms with Gasteiger partial charge in [0, 0.05) is 30.1 Å². The number of nitrogens with zero attached hydrogens (tertiary/aromatic N) is 1. The Kier molecular flexibility index (Phi) is 5.69. The summed E-state index contributed by atoms with van der Waals surface area (Å²) in [7, 11) is 0. The molecule has 1 saturated heterocycles. The number of aromatic hydroxyl groups is 1. The number of amides is 2. The number of phenolic OH excluding ortho intramolecular Hbond substituents is 1. The van der Waals surface area contributed by atoms with E-state index < -0.39 is 0 Å². The highest BCUT2D eigenvalue weighted by Gasteiger charge is 2.56. The fraction of sp³-hybridized carbons (Fsp3) is 0.667. The van der Waals surface area contributed by atoms with Crippen LogP contribution in [0.5, 0.6) is 5.75 Å². The molecule has 2 N–H and O–H groups in total. The molecule has 0 radical (unpaired) electrons. The standard InChI is InChI=1S/C24H34N2O4/c1-24(2,3)25-23(29)30-14-20-18-12-26(13-19(18)20)21(27)11-16-9-6-10-17(22(16)28)15-7-4-5-8-15/h6,9-10,15,18-20,28H,4-5,7-8,11-14H2,1-3H3,(H,25,29)/t18-,19-/m1/s1. The van der Waals surface area contributed by atoms with Crippen LogP contribution in [0.1, 0.15) is 63.5 Å². The number of benzene rings is 1. The van der Waals surface area contributed by atoms with Gasteiger partial charge in [-0.3, -0.25) is 4.79 Å². The Labute approximate surface area is 179 Å². The molecule has 2 amide bonds. The first-order valence-corrected chi connectivity index (χ1v) is 11.3. The van der Waals surface area contributed by atoms with Crippen LogP contribution in [-0.4, -0.2) is 47.2 Å². The third kappa shape index (κ3) is 4.57. The van der Waals surface area contributed by atoms with E-state index in [9.17, 15) is 14.7 Å². The monoisotopic (exact) mass is 414 g/mol. The van der Waals surface area contributed by atoms with Crippen molar-refractivity contribution in [3.63, 3.8) is 0 Å². The maximum absolute atomic E-state index is 12.8. The summed E-state index contributed by atoms with van der Waals surface area (Å²) >= 11 is 0. The molecule has 1 aromatic rings. The summed E-state index contributed by atoms with van der Waals surface area (Å²) in [5.74, 6) is 2.03. The SMILES string of the molecule is CC(C)(C)NC(=O)OCC1[C@@H]2CN(C(=O)Cc3cccc(C4CCCC4)c3O)C[C@@H]12. The summed E-state index contributed by atoms with van der Waals surface area (Å²) in [5.41, 5.74) is 1.44. The van der Waals surface area contributed by atoms with Gasteiger partial charge >= 0.3 is 6.09 Å². The van der Waals surface area contributed by atoms with Crippen molar-refractivity contribution in [1.29, 1.82) is 0 Å². The van der Waals surface area contributed by atoms with Crippen LogP contribution in [-0.2, 0) is 16.0 Å². The molecule has 1 aromatic carbocycles. The lowest BCUT2D eigenvalue weighted by Crippen LogP contribution is -2.41. The largest absolute Gasteiger partial charge is 0.507 e. The van der Waals surface area contributed by atoms with Crippen LogP contribution >= 0.6 is 0 Å². The van der Waals surface area contributed by atoms with E-state index in [0.29, 0.717) is 36.0 Å². The number of alkyl carbamates (subject to hydrolysis) is 1. The van der Waals surface area contributed by atoms with Gasteiger partial charge in [0.25, 0.3) is 0 Å². The molecule has 164 valence electrons. The van der Waals surface area contributed by atoms with E-state index in [-0.39, 0.29) is 24.0 Å². The number of rotatable bonds is 5. The number of nitrogens with one attached hydrogen (secondary N) is 1. The quantitative estimate of drug-likeness (QED) is 0.768. The zero-order chi connectivity index (χ0) is 21.5. The third-order valence-corrected chi connectivity index (χ3v) is 6.90. The number of hydrogen-bond donors (Lipinski definition) is 2. The molecule has 4 rings (SSSR count). The van der Waals surface area contributed by atoms with E-state index in [1.807, 2.05) is 43.9 Å². The minimum atomic E-state index is -0.377. The lowest BCUT2D eigenvalue weighted by molar-refractivity contribution is -0.130. The molecule has 2 saturated carbocycles. The first kappa shape index (κ1) is 21.0. The van der Waals surface area contributed by atoms with E-state index in [1.54, 1.807) is 0 Å². The number of ether oxygens (including phenoxy) is 1. The van der Waals surface area contributed by atoms with E-state index in [1.165, 1.54) is 12.8 Å². The predicted octanol–water partition coefficient (Wildman–Crippen LogP) is 3.82. The summed E-state index contributed by atoms with van der Waals surface area (Å²) in [6.45, 7) is 7.63. The summed E-state index contributed by atoms with van der Waals surface area (Å²) < 4.78 is 5.36. The Balaban J connectivity index is 1.26. The Morgan fingerprint density at radius 3 is 2.47 bits per heavy atom. The van der Waals surface area contributed by atoms with E-state index >= 15 is 0 Å². The zero-order valence-electron chi connectivity index (χ0n) is 18.3. The summed E-state index contributed by atoms with van der Waals surface area (Å²) in [6, 6.07) is 5.84. The highest BCUT2D eigenvalue weighted by atomic mass is 16.5.